The number of aromatic nitrogens is 2. The Hall–Kier alpha value is -3.10. The van der Waals surface area contributed by atoms with Gasteiger partial charge in [0.2, 0.25) is 5.91 Å². The van der Waals surface area contributed by atoms with Crippen molar-refractivity contribution < 1.29 is 14.6 Å². The standard InChI is InChI=1S/C24H28ClN5O3/c1-14(2)22-24(32)27-7-3-9-33-21-11-17-19(12-20(21)31)28-13-29-23(17)30-18-10-16(25)5-4-15(18)6-8-26-22/h4-5,10-14,22,26,31H,3,6-9H2,1-2H3,(H,27,32)(H,28,29,30). The molecule has 8 nitrogen and oxygen atoms in total. The SMILES string of the molecule is CC(C)C1NCCc2ccc(Cl)cc2Nc2ncnc3cc(O)c(cc23)OCCCNC1=O. The highest BCUT2D eigenvalue weighted by atomic mass is 35.5. The lowest BCUT2D eigenvalue weighted by atomic mass is 10.0. The minimum Gasteiger partial charge on any atom is -0.504 e. The fourth-order valence-corrected chi connectivity index (χ4v) is 4.04. The second-order valence-corrected chi connectivity index (χ2v) is 8.84. The van der Waals surface area contributed by atoms with Gasteiger partial charge in [-0.3, -0.25) is 4.79 Å². The summed E-state index contributed by atoms with van der Waals surface area (Å²) < 4.78 is 5.80. The first-order valence-corrected chi connectivity index (χ1v) is 11.5. The van der Waals surface area contributed by atoms with Crippen molar-refractivity contribution in [1.82, 2.24) is 20.6 Å². The minimum atomic E-state index is -0.300. The average Bonchev–Trinajstić information content (AvgIpc) is 2.77. The molecule has 1 atom stereocenters. The number of benzene rings is 2. The molecule has 0 saturated carbocycles. The van der Waals surface area contributed by atoms with Crippen LogP contribution in [0, 0.1) is 5.92 Å². The molecule has 9 heteroatoms. The van der Waals surface area contributed by atoms with Crippen molar-refractivity contribution in [3.05, 3.63) is 47.2 Å². The van der Waals surface area contributed by atoms with E-state index in [9.17, 15) is 9.90 Å². The molecule has 2 heterocycles. The lowest BCUT2D eigenvalue weighted by Gasteiger charge is -2.22. The largest absolute Gasteiger partial charge is 0.504 e. The van der Waals surface area contributed by atoms with E-state index >= 15 is 0 Å². The van der Waals surface area contributed by atoms with Gasteiger partial charge in [-0.05, 0) is 49.1 Å². The molecule has 1 amide bonds. The van der Waals surface area contributed by atoms with Crippen molar-refractivity contribution in [2.24, 2.45) is 5.92 Å². The molecule has 174 valence electrons. The number of anilines is 2. The number of phenols is 1. The lowest BCUT2D eigenvalue weighted by molar-refractivity contribution is -0.124. The fraction of sp³-hybridized carbons (Fsp3) is 0.375. The Bertz CT molecular complexity index is 1150. The number of rotatable bonds is 1. The van der Waals surface area contributed by atoms with Crippen LogP contribution in [0.2, 0.25) is 5.02 Å². The molecule has 1 aliphatic heterocycles. The van der Waals surface area contributed by atoms with Crippen LogP contribution in [0.5, 0.6) is 11.5 Å². The molecule has 0 fully saturated rings. The Morgan fingerprint density at radius 2 is 2.03 bits per heavy atom. The zero-order valence-electron chi connectivity index (χ0n) is 18.7. The average molecular weight is 470 g/mol. The van der Waals surface area contributed by atoms with E-state index in [0.717, 1.165) is 11.3 Å². The molecular weight excluding hydrogens is 442 g/mol. The number of hydrogen-bond donors (Lipinski definition) is 4. The first-order valence-electron chi connectivity index (χ1n) is 11.1. The number of nitrogens with one attached hydrogen (secondary N) is 3. The number of nitrogens with zero attached hydrogens (tertiary/aromatic N) is 2. The molecule has 0 saturated heterocycles. The van der Waals surface area contributed by atoms with E-state index in [1.54, 1.807) is 12.1 Å². The molecule has 0 aliphatic carbocycles. The molecule has 3 aromatic rings. The number of carbonyl (C=O) groups is 1. The van der Waals surface area contributed by atoms with Crippen molar-refractivity contribution >= 4 is 39.9 Å². The highest BCUT2D eigenvalue weighted by molar-refractivity contribution is 6.30. The minimum absolute atomic E-state index is 0.00150. The predicted molar refractivity (Wildman–Crippen MR) is 129 cm³/mol. The van der Waals surface area contributed by atoms with Crippen molar-refractivity contribution in [2.45, 2.75) is 32.7 Å². The summed E-state index contributed by atoms with van der Waals surface area (Å²) in [5.41, 5.74) is 2.43. The molecule has 2 aromatic carbocycles. The second-order valence-electron chi connectivity index (χ2n) is 8.40. The van der Waals surface area contributed by atoms with Crippen molar-refractivity contribution in [1.29, 1.82) is 0 Å². The molecule has 1 aromatic heterocycles. The third kappa shape index (κ3) is 5.46. The van der Waals surface area contributed by atoms with Gasteiger partial charge >= 0.3 is 0 Å². The number of hydrogen-bond acceptors (Lipinski definition) is 7. The molecular formula is C24H28ClN5O3. The lowest BCUT2D eigenvalue weighted by Crippen LogP contribution is -2.48. The van der Waals surface area contributed by atoms with Gasteiger partial charge in [-0.1, -0.05) is 31.5 Å². The van der Waals surface area contributed by atoms with Gasteiger partial charge in [0.15, 0.2) is 11.5 Å². The summed E-state index contributed by atoms with van der Waals surface area (Å²) in [7, 11) is 0. The summed E-state index contributed by atoms with van der Waals surface area (Å²) in [6.07, 6.45) is 2.74. The monoisotopic (exact) mass is 469 g/mol. The maximum Gasteiger partial charge on any atom is 0.237 e. The van der Waals surface area contributed by atoms with Crippen LogP contribution in [0.25, 0.3) is 10.9 Å². The molecule has 0 spiro atoms. The van der Waals surface area contributed by atoms with Crippen LogP contribution in [0.4, 0.5) is 11.5 Å². The van der Waals surface area contributed by atoms with E-state index in [0.29, 0.717) is 60.0 Å². The highest BCUT2D eigenvalue weighted by Crippen LogP contribution is 2.35. The van der Waals surface area contributed by atoms with Gasteiger partial charge in [0.1, 0.15) is 12.1 Å². The third-order valence-electron chi connectivity index (χ3n) is 5.63. The van der Waals surface area contributed by atoms with Crippen molar-refractivity contribution in [2.75, 3.05) is 25.0 Å². The molecule has 33 heavy (non-hydrogen) atoms. The molecule has 4 N–H and O–H groups in total. The number of amides is 1. The highest BCUT2D eigenvalue weighted by Gasteiger charge is 2.21. The number of carbonyl (C=O) groups excluding carboxylic acids is 1. The summed E-state index contributed by atoms with van der Waals surface area (Å²) in [6.45, 7) is 5.49. The molecule has 1 aliphatic rings. The van der Waals surface area contributed by atoms with Crippen LogP contribution < -0.4 is 20.7 Å². The summed E-state index contributed by atoms with van der Waals surface area (Å²) in [6, 6.07) is 8.65. The van der Waals surface area contributed by atoms with E-state index in [1.807, 2.05) is 32.0 Å². The Kier molecular flexibility index (Phi) is 7.15. The van der Waals surface area contributed by atoms with Crippen LogP contribution in [0.1, 0.15) is 25.8 Å². The molecule has 2 bridgehead atoms. The predicted octanol–water partition coefficient (Wildman–Crippen LogP) is 3.79. The van der Waals surface area contributed by atoms with E-state index < -0.39 is 0 Å². The van der Waals surface area contributed by atoms with E-state index in [4.69, 9.17) is 16.3 Å². The first-order chi connectivity index (χ1) is 15.9. The van der Waals surface area contributed by atoms with E-state index in [-0.39, 0.29) is 23.6 Å². The zero-order chi connectivity index (χ0) is 23.4. The molecule has 1 unspecified atom stereocenters. The number of aromatic hydroxyl groups is 1. The van der Waals surface area contributed by atoms with Crippen molar-refractivity contribution in [3.63, 3.8) is 0 Å². The van der Waals surface area contributed by atoms with Gasteiger partial charge < -0.3 is 25.8 Å². The Morgan fingerprint density at radius 1 is 1.18 bits per heavy atom. The topological polar surface area (TPSA) is 108 Å². The number of halogens is 1. The van der Waals surface area contributed by atoms with Crippen LogP contribution in [-0.4, -0.2) is 46.7 Å². The third-order valence-corrected chi connectivity index (χ3v) is 5.86. The summed E-state index contributed by atoms with van der Waals surface area (Å²) in [5, 5.41) is 21.4. The summed E-state index contributed by atoms with van der Waals surface area (Å²) in [5.74, 6) is 1.03. The van der Waals surface area contributed by atoms with Gasteiger partial charge in [0, 0.05) is 28.7 Å². The van der Waals surface area contributed by atoms with Crippen LogP contribution in [0.3, 0.4) is 0 Å². The first kappa shape index (κ1) is 23.1. The second kappa shape index (κ2) is 10.2. The quantitative estimate of drug-likeness (QED) is 0.429. The van der Waals surface area contributed by atoms with Gasteiger partial charge in [0.05, 0.1) is 18.2 Å². The number of ether oxygens (including phenoxy) is 1. The Balaban J connectivity index is 1.72. The number of phenolic OH excluding ortho intramolecular Hbond substituents is 1. The zero-order valence-corrected chi connectivity index (χ0v) is 19.4. The van der Waals surface area contributed by atoms with Gasteiger partial charge in [-0.2, -0.15) is 0 Å². The smallest absolute Gasteiger partial charge is 0.237 e. The van der Waals surface area contributed by atoms with E-state index in [1.165, 1.54) is 6.33 Å². The van der Waals surface area contributed by atoms with Crippen LogP contribution in [-0.2, 0) is 11.2 Å². The van der Waals surface area contributed by atoms with Crippen LogP contribution >= 0.6 is 11.6 Å². The van der Waals surface area contributed by atoms with Gasteiger partial charge in [-0.25, -0.2) is 9.97 Å². The van der Waals surface area contributed by atoms with Crippen LogP contribution in [0.15, 0.2) is 36.7 Å². The maximum atomic E-state index is 12.7. The van der Waals surface area contributed by atoms with Crippen molar-refractivity contribution in [3.8, 4) is 11.5 Å². The number of fused-ring (bicyclic) bond motifs is 2. The Morgan fingerprint density at radius 3 is 2.85 bits per heavy atom. The molecule has 0 radical (unpaired) electrons. The van der Waals surface area contributed by atoms with E-state index in [2.05, 4.69) is 25.9 Å². The van der Waals surface area contributed by atoms with Gasteiger partial charge in [-0.15, -0.1) is 0 Å². The fourth-order valence-electron chi connectivity index (χ4n) is 3.87. The maximum absolute atomic E-state index is 12.7. The normalized spacial score (nSPS) is 17.7. The van der Waals surface area contributed by atoms with Gasteiger partial charge in [0.25, 0.3) is 0 Å². The molecule has 4 rings (SSSR count). The summed E-state index contributed by atoms with van der Waals surface area (Å²) >= 11 is 6.29. The Labute approximate surface area is 197 Å². The summed E-state index contributed by atoms with van der Waals surface area (Å²) in [4.78, 5) is 21.4.